The van der Waals surface area contributed by atoms with Crippen molar-refractivity contribution < 1.29 is 4.39 Å². The predicted molar refractivity (Wildman–Crippen MR) is 126 cm³/mol. The van der Waals surface area contributed by atoms with E-state index in [2.05, 4.69) is 58.2 Å². The second kappa shape index (κ2) is 8.46. The standard InChI is InChI=1S/C26H25ClFN3/c1-30-14-16-31(17-15-30)26(19-8-12-21(28)13-9-19)24-22-4-2-3-5-23(22)29-25(24)18-6-10-20(27)11-7-18/h2-13,26,29H,14-17H2,1H3. The van der Waals surface area contributed by atoms with E-state index in [0.717, 1.165) is 53.5 Å². The molecule has 5 rings (SSSR count). The molecule has 4 aromatic rings. The first-order valence-corrected chi connectivity index (χ1v) is 11.0. The summed E-state index contributed by atoms with van der Waals surface area (Å²) in [6, 6.07) is 23.4. The maximum Gasteiger partial charge on any atom is 0.123 e. The molecule has 0 amide bonds. The van der Waals surface area contributed by atoms with Gasteiger partial charge < -0.3 is 9.88 Å². The van der Waals surface area contributed by atoms with Crippen LogP contribution in [0.3, 0.4) is 0 Å². The Morgan fingerprint density at radius 3 is 2.26 bits per heavy atom. The van der Waals surface area contributed by atoms with Crippen LogP contribution in [0.4, 0.5) is 4.39 Å². The summed E-state index contributed by atoms with van der Waals surface area (Å²) in [5.41, 5.74) is 5.62. The van der Waals surface area contributed by atoms with E-state index in [4.69, 9.17) is 11.6 Å². The van der Waals surface area contributed by atoms with Gasteiger partial charge in [0.2, 0.25) is 0 Å². The number of aromatic amines is 1. The van der Waals surface area contributed by atoms with Gasteiger partial charge in [-0.05, 0) is 48.5 Å². The summed E-state index contributed by atoms with van der Waals surface area (Å²) >= 11 is 6.17. The zero-order valence-electron chi connectivity index (χ0n) is 17.5. The number of halogens is 2. The molecule has 31 heavy (non-hydrogen) atoms. The molecule has 158 valence electrons. The van der Waals surface area contributed by atoms with Gasteiger partial charge in [-0.15, -0.1) is 0 Å². The molecule has 1 saturated heterocycles. The summed E-state index contributed by atoms with van der Waals surface area (Å²) < 4.78 is 13.8. The fourth-order valence-electron chi connectivity index (χ4n) is 4.58. The summed E-state index contributed by atoms with van der Waals surface area (Å²) in [7, 11) is 2.16. The van der Waals surface area contributed by atoms with E-state index < -0.39 is 0 Å². The van der Waals surface area contributed by atoms with Crippen LogP contribution < -0.4 is 0 Å². The molecular weight excluding hydrogens is 409 g/mol. The predicted octanol–water partition coefficient (Wildman–Crippen LogP) is 5.96. The number of fused-ring (bicyclic) bond motifs is 1. The van der Waals surface area contributed by atoms with Crippen LogP contribution >= 0.6 is 11.6 Å². The van der Waals surface area contributed by atoms with E-state index in [0.29, 0.717) is 0 Å². The third-order valence-electron chi connectivity index (χ3n) is 6.24. The lowest BCUT2D eigenvalue weighted by atomic mass is 9.91. The minimum Gasteiger partial charge on any atom is -0.354 e. The Kier molecular flexibility index (Phi) is 5.53. The average Bonchev–Trinajstić information content (AvgIpc) is 3.16. The molecular formula is C26H25ClFN3. The van der Waals surface area contributed by atoms with Crippen molar-refractivity contribution in [2.45, 2.75) is 6.04 Å². The van der Waals surface area contributed by atoms with Gasteiger partial charge in [0.1, 0.15) is 5.82 Å². The van der Waals surface area contributed by atoms with Gasteiger partial charge in [-0.25, -0.2) is 4.39 Å². The number of hydrogen-bond donors (Lipinski definition) is 1. The van der Waals surface area contributed by atoms with E-state index >= 15 is 0 Å². The van der Waals surface area contributed by atoms with Crippen molar-refractivity contribution in [3.63, 3.8) is 0 Å². The Labute approximate surface area is 187 Å². The van der Waals surface area contributed by atoms with Crippen LogP contribution in [0, 0.1) is 5.82 Å². The Balaban J connectivity index is 1.73. The normalized spacial score (nSPS) is 16.6. The second-order valence-electron chi connectivity index (χ2n) is 8.26. The third kappa shape index (κ3) is 3.99. The highest BCUT2D eigenvalue weighted by Gasteiger charge is 2.30. The molecule has 1 aliphatic heterocycles. The summed E-state index contributed by atoms with van der Waals surface area (Å²) in [5, 5.41) is 1.91. The second-order valence-corrected chi connectivity index (χ2v) is 8.70. The first kappa shape index (κ1) is 20.3. The van der Waals surface area contributed by atoms with Gasteiger partial charge >= 0.3 is 0 Å². The molecule has 5 heteroatoms. The van der Waals surface area contributed by atoms with Crippen molar-refractivity contribution in [1.82, 2.24) is 14.8 Å². The lowest BCUT2D eigenvalue weighted by Crippen LogP contribution is -2.46. The van der Waals surface area contributed by atoms with E-state index in [-0.39, 0.29) is 11.9 Å². The quantitative estimate of drug-likeness (QED) is 0.428. The molecule has 1 fully saturated rings. The van der Waals surface area contributed by atoms with Crippen molar-refractivity contribution in [2.75, 3.05) is 33.2 Å². The van der Waals surface area contributed by atoms with Crippen LogP contribution in [0.1, 0.15) is 17.2 Å². The highest BCUT2D eigenvalue weighted by Crippen LogP contribution is 2.41. The minimum absolute atomic E-state index is 0.0242. The lowest BCUT2D eigenvalue weighted by molar-refractivity contribution is 0.128. The molecule has 0 aliphatic carbocycles. The van der Waals surface area contributed by atoms with Crippen molar-refractivity contribution in [3.05, 3.63) is 94.8 Å². The van der Waals surface area contributed by atoms with E-state index in [1.54, 1.807) is 12.1 Å². The number of hydrogen-bond acceptors (Lipinski definition) is 2. The van der Waals surface area contributed by atoms with Crippen molar-refractivity contribution in [3.8, 4) is 11.3 Å². The van der Waals surface area contributed by atoms with Gasteiger partial charge in [-0.1, -0.05) is 54.1 Å². The first-order valence-electron chi connectivity index (χ1n) is 10.6. The third-order valence-corrected chi connectivity index (χ3v) is 6.49. The molecule has 1 N–H and O–H groups in total. The van der Waals surface area contributed by atoms with Crippen molar-refractivity contribution >= 4 is 22.5 Å². The molecule has 1 aromatic heterocycles. The maximum absolute atomic E-state index is 13.8. The number of rotatable bonds is 4. The van der Waals surface area contributed by atoms with Gasteiger partial charge in [0.15, 0.2) is 0 Å². The van der Waals surface area contributed by atoms with Crippen molar-refractivity contribution in [1.29, 1.82) is 0 Å². The monoisotopic (exact) mass is 433 g/mol. The fourth-order valence-corrected chi connectivity index (χ4v) is 4.70. The molecule has 0 saturated carbocycles. The molecule has 3 aromatic carbocycles. The van der Waals surface area contributed by atoms with Crippen LogP contribution in [0.2, 0.25) is 5.02 Å². The number of piperazine rings is 1. The van der Waals surface area contributed by atoms with Crippen LogP contribution in [0.15, 0.2) is 72.8 Å². The topological polar surface area (TPSA) is 22.3 Å². The zero-order chi connectivity index (χ0) is 21.4. The molecule has 1 unspecified atom stereocenters. The summed E-state index contributed by atoms with van der Waals surface area (Å²) in [6.45, 7) is 3.93. The fraction of sp³-hybridized carbons (Fsp3) is 0.231. The van der Waals surface area contributed by atoms with E-state index in [1.165, 1.54) is 10.9 Å². The molecule has 1 aliphatic rings. The molecule has 3 nitrogen and oxygen atoms in total. The van der Waals surface area contributed by atoms with Crippen LogP contribution in [-0.4, -0.2) is 48.0 Å². The largest absolute Gasteiger partial charge is 0.354 e. The number of aromatic nitrogens is 1. The highest BCUT2D eigenvalue weighted by atomic mass is 35.5. The molecule has 0 spiro atoms. The van der Waals surface area contributed by atoms with Gasteiger partial charge in [0.25, 0.3) is 0 Å². The van der Waals surface area contributed by atoms with Crippen LogP contribution in [-0.2, 0) is 0 Å². The zero-order valence-corrected chi connectivity index (χ0v) is 18.2. The lowest BCUT2D eigenvalue weighted by Gasteiger charge is -2.38. The van der Waals surface area contributed by atoms with E-state index in [1.807, 2.05) is 24.3 Å². The number of nitrogens with one attached hydrogen (secondary N) is 1. The number of likely N-dealkylation sites (N-methyl/N-ethyl adjacent to an activating group) is 1. The molecule has 1 atom stereocenters. The van der Waals surface area contributed by atoms with Crippen molar-refractivity contribution in [2.24, 2.45) is 0 Å². The van der Waals surface area contributed by atoms with E-state index in [9.17, 15) is 4.39 Å². The molecule has 0 bridgehead atoms. The van der Waals surface area contributed by atoms with Gasteiger partial charge in [0, 0.05) is 47.7 Å². The Bertz CT molecular complexity index is 1180. The average molecular weight is 434 g/mol. The summed E-state index contributed by atoms with van der Waals surface area (Å²) in [6.07, 6.45) is 0. The smallest absolute Gasteiger partial charge is 0.123 e. The van der Waals surface area contributed by atoms with Gasteiger partial charge in [-0.3, -0.25) is 4.90 Å². The SMILES string of the molecule is CN1CCN(C(c2ccc(F)cc2)c2c(-c3ccc(Cl)cc3)[nH]c3ccccc23)CC1. The number of benzene rings is 3. The highest BCUT2D eigenvalue weighted by molar-refractivity contribution is 6.30. The summed E-state index contributed by atoms with van der Waals surface area (Å²) in [5.74, 6) is -0.210. The number of para-hydroxylation sites is 1. The Morgan fingerprint density at radius 2 is 1.55 bits per heavy atom. The number of H-pyrrole nitrogens is 1. The maximum atomic E-state index is 13.8. The number of nitrogens with zero attached hydrogens (tertiary/aromatic N) is 2. The Hall–Kier alpha value is -2.66. The van der Waals surface area contributed by atoms with Crippen LogP contribution in [0.25, 0.3) is 22.2 Å². The Morgan fingerprint density at radius 1 is 0.871 bits per heavy atom. The first-order chi connectivity index (χ1) is 15.1. The minimum atomic E-state index is -0.210. The van der Waals surface area contributed by atoms with Crippen LogP contribution in [0.5, 0.6) is 0 Å². The van der Waals surface area contributed by atoms with Gasteiger partial charge in [-0.2, -0.15) is 0 Å². The molecule has 2 heterocycles. The summed E-state index contributed by atoms with van der Waals surface area (Å²) in [4.78, 5) is 8.53. The molecule has 0 radical (unpaired) electrons. The van der Waals surface area contributed by atoms with Gasteiger partial charge in [0.05, 0.1) is 11.7 Å².